The molecule has 4 rings (SSSR count). The van der Waals surface area contributed by atoms with Gasteiger partial charge in [0.2, 0.25) is 0 Å². The first-order valence-corrected chi connectivity index (χ1v) is 14.5. The van der Waals surface area contributed by atoms with Crippen LogP contribution in [-0.4, -0.2) is 58.0 Å². The summed E-state index contributed by atoms with van der Waals surface area (Å²) in [5, 5.41) is 0.351. The molecule has 0 bridgehead atoms. The van der Waals surface area contributed by atoms with Gasteiger partial charge in [-0.3, -0.25) is 4.79 Å². The molecule has 0 atom stereocenters. The average molecular weight is 527 g/mol. The third-order valence-corrected chi connectivity index (χ3v) is 7.54. The van der Waals surface area contributed by atoms with Gasteiger partial charge in [0.05, 0.1) is 11.0 Å². The number of likely N-dealkylation sites (tertiary alicyclic amines) is 1. The predicted molar refractivity (Wildman–Crippen MR) is 152 cm³/mol. The van der Waals surface area contributed by atoms with E-state index in [9.17, 15) is 4.79 Å². The van der Waals surface area contributed by atoms with Gasteiger partial charge in [-0.25, -0.2) is 4.98 Å². The van der Waals surface area contributed by atoms with Crippen molar-refractivity contribution in [2.75, 3.05) is 32.7 Å². The third kappa shape index (κ3) is 7.38. The van der Waals surface area contributed by atoms with E-state index in [1.807, 2.05) is 29.2 Å². The second-order valence-electron chi connectivity index (χ2n) is 11.3. The lowest BCUT2D eigenvalue weighted by Gasteiger charge is -2.26. The monoisotopic (exact) mass is 526 g/mol. The molecule has 0 N–H and O–H groups in total. The normalized spacial score (nSPS) is 14.8. The minimum absolute atomic E-state index is 0.104. The number of fused-ring (bicyclic) bond motifs is 1. The molecule has 6 nitrogen and oxygen atoms in total. The van der Waals surface area contributed by atoms with Gasteiger partial charge < -0.3 is 18.8 Å². The van der Waals surface area contributed by atoms with Crippen LogP contribution in [0, 0.1) is 11.8 Å². The van der Waals surface area contributed by atoms with Crippen molar-refractivity contribution in [3.8, 4) is 11.6 Å². The van der Waals surface area contributed by atoms with E-state index in [4.69, 9.17) is 21.0 Å². The first-order valence-electron chi connectivity index (χ1n) is 14.1. The van der Waals surface area contributed by atoms with E-state index in [0.717, 1.165) is 67.9 Å². The zero-order valence-electron chi connectivity index (χ0n) is 23.0. The minimum atomic E-state index is 0.104. The lowest BCUT2D eigenvalue weighted by Crippen LogP contribution is -2.34. The summed E-state index contributed by atoms with van der Waals surface area (Å²) in [6.45, 7) is 14.7. The maximum Gasteiger partial charge on any atom is 0.253 e. The zero-order valence-corrected chi connectivity index (χ0v) is 23.8. The number of aryl methyl sites for hydroxylation is 1. The number of furan rings is 1. The van der Waals surface area contributed by atoms with Crippen LogP contribution in [0.2, 0.25) is 5.22 Å². The van der Waals surface area contributed by atoms with E-state index in [1.54, 1.807) is 6.07 Å². The van der Waals surface area contributed by atoms with Gasteiger partial charge in [-0.15, -0.1) is 0 Å². The Labute approximate surface area is 227 Å². The van der Waals surface area contributed by atoms with Crippen LogP contribution in [0.4, 0.5) is 0 Å². The molecule has 1 saturated heterocycles. The molecule has 1 amide bonds. The van der Waals surface area contributed by atoms with Crippen molar-refractivity contribution in [2.45, 2.75) is 72.8 Å². The Morgan fingerprint density at radius 1 is 1.00 bits per heavy atom. The highest BCUT2D eigenvalue weighted by Gasteiger charge is 2.21. The van der Waals surface area contributed by atoms with E-state index in [-0.39, 0.29) is 5.91 Å². The first kappa shape index (κ1) is 27.7. The molecule has 0 unspecified atom stereocenters. The van der Waals surface area contributed by atoms with Gasteiger partial charge in [0.1, 0.15) is 0 Å². The van der Waals surface area contributed by atoms with Gasteiger partial charge in [-0.1, -0.05) is 34.1 Å². The van der Waals surface area contributed by atoms with Crippen molar-refractivity contribution in [3.05, 3.63) is 41.1 Å². The maximum absolute atomic E-state index is 13.7. The Morgan fingerprint density at radius 3 is 2.32 bits per heavy atom. The van der Waals surface area contributed by atoms with E-state index < -0.39 is 0 Å². The Morgan fingerprint density at radius 2 is 1.70 bits per heavy atom. The Hall–Kier alpha value is -2.31. The second kappa shape index (κ2) is 13.0. The van der Waals surface area contributed by atoms with Crippen molar-refractivity contribution in [2.24, 2.45) is 11.8 Å². The molecule has 3 aromatic rings. The lowest BCUT2D eigenvalue weighted by molar-refractivity contribution is 0.0741. The predicted octanol–water partition coefficient (Wildman–Crippen LogP) is 7.36. The van der Waals surface area contributed by atoms with Crippen LogP contribution in [0.1, 0.15) is 76.6 Å². The van der Waals surface area contributed by atoms with E-state index >= 15 is 0 Å². The van der Waals surface area contributed by atoms with Gasteiger partial charge in [0.15, 0.2) is 16.8 Å². The Kier molecular flexibility index (Phi) is 9.71. The van der Waals surface area contributed by atoms with Gasteiger partial charge in [-0.05, 0) is 106 Å². The van der Waals surface area contributed by atoms with Crippen LogP contribution in [-0.2, 0) is 6.54 Å². The summed E-state index contributed by atoms with van der Waals surface area (Å²) in [6, 6.07) is 9.55. The van der Waals surface area contributed by atoms with Gasteiger partial charge in [0, 0.05) is 25.2 Å². The molecule has 3 heterocycles. The number of benzene rings is 1. The van der Waals surface area contributed by atoms with Crippen molar-refractivity contribution in [3.63, 3.8) is 0 Å². The highest BCUT2D eigenvalue weighted by atomic mass is 35.5. The number of halogens is 1. The quantitative estimate of drug-likeness (QED) is 0.247. The number of nitrogens with zero attached hydrogens (tertiary/aromatic N) is 4. The lowest BCUT2D eigenvalue weighted by atomic mass is 10.1. The van der Waals surface area contributed by atoms with E-state index in [1.165, 1.54) is 32.4 Å². The number of aromatic nitrogens is 2. The summed E-state index contributed by atoms with van der Waals surface area (Å²) in [5.74, 6) is 2.64. The minimum Gasteiger partial charge on any atom is -0.441 e. The molecule has 0 radical (unpaired) electrons. The summed E-state index contributed by atoms with van der Waals surface area (Å²) in [6.07, 6.45) is 6.95. The largest absolute Gasteiger partial charge is 0.441 e. The van der Waals surface area contributed by atoms with Crippen molar-refractivity contribution >= 4 is 28.5 Å². The number of carbonyl (C=O) groups excluding carboxylic acids is 1. The van der Waals surface area contributed by atoms with E-state index in [2.05, 4.69) is 37.2 Å². The first-order chi connectivity index (χ1) is 17.8. The summed E-state index contributed by atoms with van der Waals surface area (Å²) in [7, 11) is 0. The maximum atomic E-state index is 13.7. The molecule has 7 heteroatoms. The zero-order chi connectivity index (χ0) is 26.4. The van der Waals surface area contributed by atoms with Gasteiger partial charge >= 0.3 is 0 Å². The third-order valence-electron chi connectivity index (χ3n) is 7.33. The molecule has 0 aliphatic carbocycles. The summed E-state index contributed by atoms with van der Waals surface area (Å²) < 4.78 is 7.96. The number of hydrogen-bond donors (Lipinski definition) is 0. The number of carbonyl (C=O) groups is 1. The summed E-state index contributed by atoms with van der Waals surface area (Å²) in [5.41, 5.74) is 2.56. The van der Waals surface area contributed by atoms with Crippen LogP contribution < -0.4 is 0 Å². The molecule has 2 aromatic heterocycles. The molecule has 202 valence electrons. The summed E-state index contributed by atoms with van der Waals surface area (Å²) in [4.78, 5) is 23.2. The van der Waals surface area contributed by atoms with Crippen LogP contribution in [0.25, 0.3) is 22.6 Å². The van der Waals surface area contributed by atoms with E-state index in [0.29, 0.717) is 22.8 Å². The van der Waals surface area contributed by atoms with Crippen LogP contribution in [0.15, 0.2) is 34.7 Å². The molecular formula is C30H43ClN4O2. The molecule has 0 saturated carbocycles. The van der Waals surface area contributed by atoms with Gasteiger partial charge in [0.25, 0.3) is 5.91 Å². The van der Waals surface area contributed by atoms with Gasteiger partial charge in [-0.2, -0.15) is 0 Å². The smallest absolute Gasteiger partial charge is 0.253 e. The molecular weight excluding hydrogens is 484 g/mol. The van der Waals surface area contributed by atoms with Crippen molar-refractivity contribution < 1.29 is 9.21 Å². The Balaban J connectivity index is 1.62. The summed E-state index contributed by atoms with van der Waals surface area (Å²) >= 11 is 6.11. The fraction of sp³-hybridized carbons (Fsp3) is 0.600. The Bertz CT molecular complexity index is 1150. The number of hydrogen-bond acceptors (Lipinski definition) is 4. The van der Waals surface area contributed by atoms with Crippen LogP contribution >= 0.6 is 11.6 Å². The van der Waals surface area contributed by atoms with Crippen LogP contribution in [0.5, 0.6) is 0 Å². The second-order valence-corrected chi connectivity index (χ2v) is 11.7. The molecule has 1 aromatic carbocycles. The average Bonchev–Trinajstić information content (AvgIpc) is 3.47. The number of amides is 1. The highest BCUT2D eigenvalue weighted by molar-refractivity contribution is 6.29. The topological polar surface area (TPSA) is 54.5 Å². The SMILES string of the molecule is CC(C)CCN(CCC(C)C)C(=O)c1ccc2nc(-c3ccc(Cl)o3)n(CCCN3CCCCC3)c2c1. The fourth-order valence-electron chi connectivity index (χ4n) is 5.07. The van der Waals surface area contributed by atoms with Crippen LogP contribution in [0.3, 0.4) is 0 Å². The molecule has 1 fully saturated rings. The number of piperidine rings is 1. The van der Waals surface area contributed by atoms with Crippen molar-refractivity contribution in [1.29, 1.82) is 0 Å². The molecule has 37 heavy (non-hydrogen) atoms. The van der Waals surface area contributed by atoms with Crippen molar-refractivity contribution in [1.82, 2.24) is 19.4 Å². The molecule has 1 aliphatic rings. The standard InChI is InChI=1S/C30H43ClN4O2/c1-22(2)13-19-34(20-14-23(3)4)30(36)24-9-10-25-26(21-24)35(18-8-17-33-15-6-5-7-16-33)29(32-25)27-11-12-28(31)37-27/h9-12,21-23H,5-8,13-20H2,1-4H3. The highest BCUT2D eigenvalue weighted by Crippen LogP contribution is 2.29. The number of imidazole rings is 1. The molecule has 1 aliphatic heterocycles. The number of rotatable bonds is 12. The molecule has 0 spiro atoms. The fourth-order valence-corrected chi connectivity index (χ4v) is 5.21.